The first-order valence-corrected chi connectivity index (χ1v) is 11.7. The average Bonchev–Trinajstić information content (AvgIpc) is 2.72. The Morgan fingerprint density at radius 1 is 1.07 bits per heavy atom. The van der Waals surface area contributed by atoms with Crippen molar-refractivity contribution in [2.45, 2.75) is 31.1 Å². The zero-order chi connectivity index (χ0) is 21.7. The van der Waals surface area contributed by atoms with Gasteiger partial charge in [0.2, 0.25) is 5.78 Å². The monoisotopic (exact) mass is 458 g/mol. The fourth-order valence-electron chi connectivity index (χ4n) is 2.68. The summed E-state index contributed by atoms with van der Waals surface area (Å²) in [5.41, 5.74) is 2.48. The fraction of sp³-hybridized carbons (Fsp3) is 0.227. The molecule has 8 heteroatoms. The van der Waals surface area contributed by atoms with E-state index in [1.807, 2.05) is 6.26 Å². The molecular weight excluding hydrogens is 436 g/mol. The molecule has 0 spiro atoms. The van der Waals surface area contributed by atoms with E-state index in [0.717, 1.165) is 4.90 Å². The van der Waals surface area contributed by atoms with Gasteiger partial charge in [0.25, 0.3) is 0 Å². The summed E-state index contributed by atoms with van der Waals surface area (Å²) in [6, 6.07) is 15.3. The molecule has 2 aromatic heterocycles. The number of aromatic nitrogens is 2. The summed E-state index contributed by atoms with van der Waals surface area (Å²) in [4.78, 5) is 22.7. The van der Waals surface area contributed by atoms with Crippen LogP contribution in [-0.2, 0) is 5.41 Å². The zero-order valence-electron chi connectivity index (χ0n) is 17.2. The smallest absolute Gasteiger partial charge is 0.231 e. The first kappa shape index (κ1) is 22.5. The van der Waals surface area contributed by atoms with Gasteiger partial charge in [0, 0.05) is 17.3 Å². The van der Waals surface area contributed by atoms with Crippen LogP contribution in [0.15, 0.2) is 59.6 Å². The van der Waals surface area contributed by atoms with Crippen LogP contribution in [0.2, 0.25) is 5.02 Å². The van der Waals surface area contributed by atoms with Gasteiger partial charge >= 0.3 is 0 Å². The van der Waals surface area contributed by atoms with Crippen LogP contribution in [-0.4, -0.2) is 22.0 Å². The molecule has 0 aliphatic carbocycles. The Morgan fingerprint density at radius 3 is 2.47 bits per heavy atom. The van der Waals surface area contributed by atoms with E-state index in [1.54, 1.807) is 24.3 Å². The summed E-state index contributed by atoms with van der Waals surface area (Å²) in [6.07, 6.45) is 3.36. The molecular formula is C22H23ClN4OS2. The average molecular weight is 459 g/mol. The van der Waals surface area contributed by atoms with Crippen molar-refractivity contribution in [2.24, 2.45) is 0 Å². The first-order chi connectivity index (χ1) is 14.3. The number of pyridine rings is 2. The van der Waals surface area contributed by atoms with E-state index in [-0.39, 0.29) is 16.9 Å². The molecule has 0 radical (unpaired) electrons. The molecule has 0 amide bonds. The molecule has 1 aromatic carbocycles. The standard InChI is InChI=1S/C22H23ClN4OS2/c1-22(2,3)14-8-10-16(11-9-14)30-26-18-12-15(23)13-24-20(18)21(28)17-6-5-7-19(25-17)27-29-4/h5-13,26H,1-4H3,(H,25,27). The molecule has 30 heavy (non-hydrogen) atoms. The number of hydrogen-bond acceptors (Lipinski definition) is 7. The van der Waals surface area contributed by atoms with Crippen LogP contribution in [0.1, 0.15) is 42.5 Å². The van der Waals surface area contributed by atoms with E-state index in [2.05, 4.69) is 64.4 Å². The Kier molecular flexibility index (Phi) is 7.28. The number of hydrogen-bond donors (Lipinski definition) is 2. The van der Waals surface area contributed by atoms with Crippen molar-refractivity contribution in [3.63, 3.8) is 0 Å². The highest BCUT2D eigenvalue weighted by Gasteiger charge is 2.18. The van der Waals surface area contributed by atoms with Crippen molar-refractivity contribution in [2.75, 3.05) is 15.7 Å². The number of nitrogens with one attached hydrogen (secondary N) is 2. The normalized spacial score (nSPS) is 11.2. The maximum absolute atomic E-state index is 13.0. The number of rotatable bonds is 7. The minimum absolute atomic E-state index is 0.0970. The number of halogens is 1. The van der Waals surface area contributed by atoms with Gasteiger partial charge in [-0.15, -0.1) is 0 Å². The van der Waals surface area contributed by atoms with Gasteiger partial charge in [0.1, 0.15) is 17.2 Å². The van der Waals surface area contributed by atoms with Gasteiger partial charge in [-0.1, -0.05) is 62.5 Å². The lowest BCUT2D eigenvalue weighted by atomic mass is 9.87. The highest BCUT2D eigenvalue weighted by Crippen LogP contribution is 2.29. The molecule has 2 N–H and O–H groups in total. The Bertz CT molecular complexity index is 1040. The Balaban J connectivity index is 1.82. The number of carbonyl (C=O) groups is 1. The van der Waals surface area contributed by atoms with Gasteiger partial charge in [-0.25, -0.2) is 9.97 Å². The molecule has 0 aliphatic heterocycles. The summed E-state index contributed by atoms with van der Waals surface area (Å²) < 4.78 is 6.25. The predicted molar refractivity (Wildman–Crippen MR) is 129 cm³/mol. The minimum atomic E-state index is -0.275. The van der Waals surface area contributed by atoms with Crippen LogP contribution in [0.3, 0.4) is 0 Å². The van der Waals surface area contributed by atoms with E-state index < -0.39 is 0 Å². The van der Waals surface area contributed by atoms with Crippen LogP contribution in [0.25, 0.3) is 0 Å². The molecule has 2 heterocycles. The highest BCUT2D eigenvalue weighted by molar-refractivity contribution is 8.00. The van der Waals surface area contributed by atoms with E-state index in [1.165, 1.54) is 35.7 Å². The van der Waals surface area contributed by atoms with Crippen molar-refractivity contribution in [1.82, 2.24) is 9.97 Å². The van der Waals surface area contributed by atoms with E-state index in [0.29, 0.717) is 22.2 Å². The van der Waals surface area contributed by atoms with Crippen LogP contribution >= 0.6 is 35.5 Å². The SMILES string of the molecule is CSNc1cccc(C(=O)c2ncc(Cl)cc2NSc2ccc(C(C)(C)C)cc2)n1. The number of ketones is 1. The Morgan fingerprint density at radius 2 is 1.80 bits per heavy atom. The van der Waals surface area contributed by atoms with Crippen molar-refractivity contribution < 1.29 is 4.79 Å². The van der Waals surface area contributed by atoms with Crippen molar-refractivity contribution in [3.05, 3.63) is 76.7 Å². The molecule has 156 valence electrons. The zero-order valence-corrected chi connectivity index (χ0v) is 19.6. The summed E-state index contributed by atoms with van der Waals surface area (Å²) in [5, 5.41) is 0.448. The number of nitrogens with zero attached hydrogens (tertiary/aromatic N) is 2. The van der Waals surface area contributed by atoms with Gasteiger partial charge in [-0.2, -0.15) is 0 Å². The molecule has 0 bridgehead atoms. The molecule has 0 saturated heterocycles. The number of carbonyl (C=O) groups excluding carboxylic acids is 1. The molecule has 0 fully saturated rings. The lowest BCUT2D eigenvalue weighted by Crippen LogP contribution is -2.10. The topological polar surface area (TPSA) is 66.9 Å². The second-order valence-corrected chi connectivity index (χ2v) is 9.50. The summed E-state index contributed by atoms with van der Waals surface area (Å²) in [5.74, 6) is 0.340. The van der Waals surface area contributed by atoms with E-state index in [9.17, 15) is 4.79 Å². The largest absolute Gasteiger partial charge is 0.324 e. The Labute approximate surface area is 190 Å². The second-order valence-electron chi connectivity index (χ2n) is 7.57. The first-order valence-electron chi connectivity index (χ1n) is 9.27. The molecule has 0 atom stereocenters. The number of anilines is 2. The van der Waals surface area contributed by atoms with Crippen LogP contribution in [0.5, 0.6) is 0 Å². The molecule has 3 aromatic rings. The van der Waals surface area contributed by atoms with Crippen molar-refractivity contribution in [3.8, 4) is 0 Å². The minimum Gasteiger partial charge on any atom is -0.324 e. The number of benzene rings is 1. The third kappa shape index (κ3) is 5.68. The predicted octanol–water partition coefficient (Wildman–Crippen LogP) is 6.47. The lowest BCUT2D eigenvalue weighted by Gasteiger charge is -2.19. The lowest BCUT2D eigenvalue weighted by molar-refractivity contribution is 0.103. The third-order valence-corrected chi connectivity index (χ3v) is 5.71. The highest BCUT2D eigenvalue weighted by atomic mass is 35.5. The van der Waals surface area contributed by atoms with Crippen LogP contribution in [0.4, 0.5) is 11.5 Å². The van der Waals surface area contributed by atoms with Crippen molar-refractivity contribution in [1.29, 1.82) is 0 Å². The second kappa shape index (κ2) is 9.73. The van der Waals surface area contributed by atoms with Crippen LogP contribution < -0.4 is 9.44 Å². The van der Waals surface area contributed by atoms with Gasteiger partial charge in [-0.05, 0) is 53.3 Å². The fourth-order valence-corrected chi connectivity index (χ4v) is 3.82. The summed E-state index contributed by atoms with van der Waals surface area (Å²) in [7, 11) is 0. The maximum atomic E-state index is 13.0. The van der Waals surface area contributed by atoms with E-state index >= 15 is 0 Å². The van der Waals surface area contributed by atoms with Crippen molar-refractivity contribution >= 4 is 52.8 Å². The summed E-state index contributed by atoms with van der Waals surface area (Å²) >= 11 is 8.95. The molecule has 0 aliphatic rings. The molecule has 3 rings (SSSR count). The maximum Gasteiger partial charge on any atom is 0.231 e. The van der Waals surface area contributed by atoms with E-state index in [4.69, 9.17) is 11.6 Å². The van der Waals surface area contributed by atoms with Gasteiger partial charge in [-0.3, -0.25) is 4.79 Å². The summed E-state index contributed by atoms with van der Waals surface area (Å²) in [6.45, 7) is 6.54. The molecule has 5 nitrogen and oxygen atoms in total. The van der Waals surface area contributed by atoms with Crippen LogP contribution in [0, 0.1) is 0 Å². The van der Waals surface area contributed by atoms with Gasteiger partial charge in [0.15, 0.2) is 0 Å². The van der Waals surface area contributed by atoms with Gasteiger partial charge in [0.05, 0.1) is 10.7 Å². The third-order valence-electron chi connectivity index (χ3n) is 4.26. The molecule has 0 saturated carbocycles. The Hall–Kier alpha value is -2.22. The molecule has 0 unspecified atom stereocenters. The quantitative estimate of drug-likeness (QED) is 0.310. The van der Waals surface area contributed by atoms with Gasteiger partial charge < -0.3 is 9.44 Å².